The zero-order valence-corrected chi connectivity index (χ0v) is 9.01. The minimum absolute atomic E-state index is 0.100. The molecule has 0 bridgehead atoms. The van der Waals surface area contributed by atoms with Crippen LogP contribution in [0.15, 0.2) is 30.6 Å². The van der Waals surface area contributed by atoms with E-state index in [0.717, 1.165) is 16.6 Å². The van der Waals surface area contributed by atoms with Crippen molar-refractivity contribution in [2.45, 2.75) is 25.8 Å². The summed E-state index contributed by atoms with van der Waals surface area (Å²) in [4.78, 5) is 8.57. The van der Waals surface area contributed by atoms with E-state index in [-0.39, 0.29) is 12.0 Å². The number of fused-ring (bicyclic) bond motifs is 1. The van der Waals surface area contributed by atoms with E-state index in [4.69, 9.17) is 5.73 Å². The lowest BCUT2D eigenvalue weighted by atomic mass is 9.97. The van der Waals surface area contributed by atoms with E-state index in [1.54, 1.807) is 6.33 Å². The molecule has 0 aliphatic rings. The standard InChI is InChI=1S/C12H15N3/c1-8(9(2)13)12-10-5-3-4-6-11(10)14-7-15-12/h3-9H,13H2,1-2H3. The number of hydrogen-bond donors (Lipinski definition) is 1. The van der Waals surface area contributed by atoms with Gasteiger partial charge in [-0.25, -0.2) is 9.97 Å². The highest BCUT2D eigenvalue weighted by Gasteiger charge is 2.14. The van der Waals surface area contributed by atoms with Crippen LogP contribution in [-0.4, -0.2) is 16.0 Å². The Morgan fingerprint density at radius 3 is 2.60 bits per heavy atom. The fourth-order valence-electron chi connectivity index (χ4n) is 1.64. The number of rotatable bonds is 2. The molecule has 0 radical (unpaired) electrons. The lowest BCUT2D eigenvalue weighted by molar-refractivity contribution is 0.602. The Balaban J connectivity index is 2.60. The third-order valence-corrected chi connectivity index (χ3v) is 2.79. The van der Waals surface area contributed by atoms with Crippen LogP contribution in [0.5, 0.6) is 0 Å². The summed E-state index contributed by atoms with van der Waals surface area (Å²) in [6.45, 7) is 4.10. The molecule has 0 aliphatic heterocycles. The van der Waals surface area contributed by atoms with Crippen LogP contribution >= 0.6 is 0 Å². The molecule has 0 saturated carbocycles. The fourth-order valence-corrected chi connectivity index (χ4v) is 1.64. The van der Waals surface area contributed by atoms with E-state index in [1.807, 2.05) is 31.2 Å². The van der Waals surface area contributed by atoms with Gasteiger partial charge in [0.1, 0.15) is 6.33 Å². The number of hydrogen-bond acceptors (Lipinski definition) is 3. The molecular formula is C12H15N3. The van der Waals surface area contributed by atoms with Crippen molar-refractivity contribution in [3.8, 4) is 0 Å². The molecule has 2 atom stereocenters. The molecule has 2 unspecified atom stereocenters. The Hall–Kier alpha value is -1.48. The van der Waals surface area contributed by atoms with Crippen molar-refractivity contribution in [2.75, 3.05) is 0 Å². The Labute approximate surface area is 89.4 Å². The smallest absolute Gasteiger partial charge is 0.116 e. The molecule has 2 aromatic rings. The zero-order chi connectivity index (χ0) is 10.8. The molecule has 1 aromatic heterocycles. The SMILES string of the molecule is CC(N)C(C)c1ncnc2ccccc12. The maximum atomic E-state index is 5.90. The van der Waals surface area contributed by atoms with Crippen molar-refractivity contribution in [1.29, 1.82) is 0 Å². The van der Waals surface area contributed by atoms with Gasteiger partial charge in [0.2, 0.25) is 0 Å². The average Bonchev–Trinajstić information content (AvgIpc) is 2.27. The minimum Gasteiger partial charge on any atom is -0.327 e. The van der Waals surface area contributed by atoms with Crippen molar-refractivity contribution >= 4 is 10.9 Å². The maximum Gasteiger partial charge on any atom is 0.116 e. The van der Waals surface area contributed by atoms with Gasteiger partial charge in [-0.1, -0.05) is 25.1 Å². The fraction of sp³-hybridized carbons (Fsp3) is 0.333. The topological polar surface area (TPSA) is 51.8 Å². The molecule has 0 fully saturated rings. The van der Waals surface area contributed by atoms with E-state index in [1.165, 1.54) is 0 Å². The summed E-state index contributed by atoms with van der Waals surface area (Å²) in [6, 6.07) is 8.12. The summed E-state index contributed by atoms with van der Waals surface area (Å²) in [5.41, 5.74) is 7.92. The van der Waals surface area contributed by atoms with Gasteiger partial charge in [0, 0.05) is 17.3 Å². The molecule has 2 N–H and O–H groups in total. The first-order valence-electron chi connectivity index (χ1n) is 5.15. The largest absolute Gasteiger partial charge is 0.327 e. The maximum absolute atomic E-state index is 5.90. The Kier molecular flexibility index (Phi) is 2.64. The monoisotopic (exact) mass is 201 g/mol. The number of aromatic nitrogens is 2. The number of para-hydroxylation sites is 1. The highest BCUT2D eigenvalue weighted by molar-refractivity contribution is 5.80. The van der Waals surface area contributed by atoms with Gasteiger partial charge in [0.05, 0.1) is 11.2 Å². The van der Waals surface area contributed by atoms with Gasteiger partial charge >= 0.3 is 0 Å². The third-order valence-electron chi connectivity index (χ3n) is 2.79. The quantitative estimate of drug-likeness (QED) is 0.809. The first-order valence-corrected chi connectivity index (χ1v) is 5.15. The normalized spacial score (nSPS) is 15.1. The molecule has 0 saturated heterocycles. The van der Waals surface area contributed by atoms with E-state index < -0.39 is 0 Å². The Bertz CT molecular complexity index is 460. The van der Waals surface area contributed by atoms with Crippen LogP contribution in [-0.2, 0) is 0 Å². The molecule has 78 valence electrons. The average molecular weight is 201 g/mol. The molecule has 1 heterocycles. The van der Waals surface area contributed by atoms with Crippen molar-refractivity contribution in [3.05, 3.63) is 36.3 Å². The lowest BCUT2D eigenvalue weighted by Crippen LogP contribution is -2.23. The van der Waals surface area contributed by atoms with E-state index in [2.05, 4.69) is 16.9 Å². The number of nitrogens with two attached hydrogens (primary N) is 1. The van der Waals surface area contributed by atoms with E-state index in [0.29, 0.717) is 0 Å². The molecule has 1 aromatic carbocycles. The Morgan fingerprint density at radius 1 is 1.13 bits per heavy atom. The summed E-state index contributed by atoms with van der Waals surface area (Å²) in [5, 5.41) is 1.10. The first kappa shape index (κ1) is 10.1. The van der Waals surface area contributed by atoms with Crippen LogP contribution in [0.4, 0.5) is 0 Å². The van der Waals surface area contributed by atoms with Crippen LogP contribution in [0, 0.1) is 0 Å². The minimum atomic E-state index is 0.100. The van der Waals surface area contributed by atoms with Gasteiger partial charge < -0.3 is 5.73 Å². The lowest BCUT2D eigenvalue weighted by Gasteiger charge is -2.16. The molecule has 2 rings (SSSR count). The molecular weight excluding hydrogens is 186 g/mol. The number of benzene rings is 1. The predicted octanol–water partition coefficient (Wildman–Crippen LogP) is 2.08. The molecule has 3 nitrogen and oxygen atoms in total. The van der Waals surface area contributed by atoms with Gasteiger partial charge in [0.15, 0.2) is 0 Å². The first-order chi connectivity index (χ1) is 7.20. The van der Waals surface area contributed by atoms with Crippen molar-refractivity contribution < 1.29 is 0 Å². The van der Waals surface area contributed by atoms with Gasteiger partial charge in [-0.3, -0.25) is 0 Å². The van der Waals surface area contributed by atoms with E-state index >= 15 is 0 Å². The van der Waals surface area contributed by atoms with Gasteiger partial charge in [-0.15, -0.1) is 0 Å². The second-order valence-electron chi connectivity index (χ2n) is 3.92. The van der Waals surface area contributed by atoms with Gasteiger partial charge in [-0.2, -0.15) is 0 Å². The predicted molar refractivity (Wildman–Crippen MR) is 61.6 cm³/mol. The van der Waals surface area contributed by atoms with Crippen LogP contribution in [0.25, 0.3) is 10.9 Å². The van der Waals surface area contributed by atoms with Crippen LogP contribution < -0.4 is 5.73 Å². The highest BCUT2D eigenvalue weighted by atomic mass is 14.8. The van der Waals surface area contributed by atoms with Crippen LogP contribution in [0.3, 0.4) is 0 Å². The van der Waals surface area contributed by atoms with Crippen molar-refractivity contribution in [2.24, 2.45) is 5.73 Å². The summed E-state index contributed by atoms with van der Waals surface area (Å²) in [5.74, 6) is 0.248. The van der Waals surface area contributed by atoms with Gasteiger partial charge in [-0.05, 0) is 13.0 Å². The summed E-state index contributed by atoms with van der Waals surface area (Å²) in [6.07, 6.45) is 1.61. The van der Waals surface area contributed by atoms with E-state index in [9.17, 15) is 0 Å². The zero-order valence-electron chi connectivity index (χ0n) is 9.01. The third kappa shape index (κ3) is 1.83. The molecule has 15 heavy (non-hydrogen) atoms. The second kappa shape index (κ2) is 3.95. The second-order valence-corrected chi connectivity index (χ2v) is 3.92. The van der Waals surface area contributed by atoms with Crippen molar-refractivity contribution in [3.63, 3.8) is 0 Å². The summed E-state index contributed by atoms with van der Waals surface area (Å²) < 4.78 is 0. The molecule has 3 heteroatoms. The molecule has 0 aliphatic carbocycles. The van der Waals surface area contributed by atoms with Crippen molar-refractivity contribution in [1.82, 2.24) is 9.97 Å². The van der Waals surface area contributed by atoms with Gasteiger partial charge in [0.25, 0.3) is 0 Å². The van der Waals surface area contributed by atoms with Crippen LogP contribution in [0.1, 0.15) is 25.5 Å². The summed E-state index contributed by atoms with van der Waals surface area (Å²) >= 11 is 0. The Morgan fingerprint density at radius 2 is 1.87 bits per heavy atom. The summed E-state index contributed by atoms with van der Waals surface area (Å²) in [7, 11) is 0. The molecule has 0 amide bonds. The number of nitrogens with zero attached hydrogens (tertiary/aromatic N) is 2. The highest BCUT2D eigenvalue weighted by Crippen LogP contribution is 2.23. The molecule has 0 spiro atoms. The van der Waals surface area contributed by atoms with Crippen LogP contribution in [0.2, 0.25) is 0 Å².